The van der Waals surface area contributed by atoms with Crippen molar-refractivity contribution in [3.63, 3.8) is 0 Å². The Morgan fingerprint density at radius 3 is 2.80 bits per heavy atom. The Hall–Kier alpha value is -2.34. The third-order valence-corrected chi connectivity index (χ3v) is 3.02. The zero-order valence-corrected chi connectivity index (χ0v) is 10.8. The number of primary amides is 1. The van der Waals surface area contributed by atoms with Crippen LogP contribution >= 0.6 is 0 Å². The molecule has 106 valence electrons. The Morgan fingerprint density at radius 2 is 2.10 bits per heavy atom. The van der Waals surface area contributed by atoms with E-state index in [0.29, 0.717) is 0 Å². The fraction of sp³-hybridized carbons (Fsp3) is 0.286. The summed E-state index contributed by atoms with van der Waals surface area (Å²) in [5.74, 6) is -1.57. The first-order valence-electron chi connectivity index (χ1n) is 6.25. The minimum absolute atomic E-state index is 0.00859. The molecule has 0 radical (unpaired) electrons. The van der Waals surface area contributed by atoms with Gasteiger partial charge in [0, 0.05) is 29.9 Å². The predicted octanol–water partition coefficient (Wildman–Crippen LogP) is 1.06. The van der Waals surface area contributed by atoms with Crippen molar-refractivity contribution in [2.75, 3.05) is 6.61 Å². The van der Waals surface area contributed by atoms with E-state index >= 15 is 0 Å². The van der Waals surface area contributed by atoms with Crippen LogP contribution in [0.5, 0.6) is 0 Å². The molecule has 1 atom stereocenters. The summed E-state index contributed by atoms with van der Waals surface area (Å²) in [5.41, 5.74) is 6.81. The van der Waals surface area contributed by atoms with Crippen molar-refractivity contribution in [1.82, 2.24) is 4.98 Å². The van der Waals surface area contributed by atoms with E-state index in [1.165, 1.54) is 0 Å². The van der Waals surface area contributed by atoms with Crippen molar-refractivity contribution in [3.05, 3.63) is 36.0 Å². The van der Waals surface area contributed by atoms with Crippen LogP contribution in [0.15, 0.2) is 30.5 Å². The highest BCUT2D eigenvalue weighted by Gasteiger charge is 2.20. The van der Waals surface area contributed by atoms with Crippen LogP contribution in [0.3, 0.4) is 0 Å². The maximum absolute atomic E-state index is 11.2. The summed E-state index contributed by atoms with van der Waals surface area (Å²) in [6.45, 7) is 0.00859. The van der Waals surface area contributed by atoms with Gasteiger partial charge in [0.05, 0.1) is 6.61 Å². The van der Waals surface area contributed by atoms with Crippen LogP contribution in [0.2, 0.25) is 0 Å². The third kappa shape index (κ3) is 3.36. The number of carboxylic acid groups (broad SMARTS) is 1. The monoisotopic (exact) mass is 276 g/mol. The molecular weight excluding hydrogens is 260 g/mol. The van der Waals surface area contributed by atoms with Gasteiger partial charge in [-0.2, -0.15) is 0 Å². The molecule has 1 aromatic heterocycles. The maximum atomic E-state index is 11.2. The lowest BCUT2D eigenvalue weighted by molar-refractivity contribution is -0.151. The number of ether oxygens (including phenoxy) is 1. The number of nitrogens with two attached hydrogens (primary N) is 1. The number of carbonyl (C=O) groups is 2. The third-order valence-electron chi connectivity index (χ3n) is 3.02. The van der Waals surface area contributed by atoms with Gasteiger partial charge in [0.1, 0.15) is 0 Å². The maximum Gasteiger partial charge on any atom is 0.333 e. The molecule has 0 fully saturated rings. The van der Waals surface area contributed by atoms with Gasteiger partial charge in [-0.05, 0) is 11.6 Å². The molecule has 0 aliphatic heterocycles. The lowest BCUT2D eigenvalue weighted by Gasteiger charge is -2.12. The number of aromatic nitrogens is 1. The highest BCUT2D eigenvalue weighted by molar-refractivity contribution is 5.84. The number of H-pyrrole nitrogens is 1. The van der Waals surface area contributed by atoms with Crippen molar-refractivity contribution < 1.29 is 19.4 Å². The van der Waals surface area contributed by atoms with Gasteiger partial charge in [-0.1, -0.05) is 18.2 Å². The molecule has 2 aromatic rings. The van der Waals surface area contributed by atoms with Crippen molar-refractivity contribution in [3.8, 4) is 0 Å². The number of aliphatic carboxylic acids is 1. The van der Waals surface area contributed by atoms with E-state index in [2.05, 4.69) is 4.98 Å². The lowest BCUT2D eigenvalue weighted by atomic mass is 10.1. The molecule has 20 heavy (non-hydrogen) atoms. The quantitative estimate of drug-likeness (QED) is 0.703. The van der Waals surface area contributed by atoms with E-state index < -0.39 is 18.0 Å². The number of benzene rings is 1. The Labute approximate surface area is 115 Å². The van der Waals surface area contributed by atoms with E-state index in [4.69, 9.17) is 15.6 Å². The normalized spacial score (nSPS) is 12.4. The summed E-state index contributed by atoms with van der Waals surface area (Å²) in [6, 6.07) is 7.64. The van der Waals surface area contributed by atoms with Gasteiger partial charge >= 0.3 is 5.97 Å². The summed E-state index contributed by atoms with van der Waals surface area (Å²) in [6.07, 6.45) is 1.03. The highest BCUT2D eigenvalue weighted by atomic mass is 16.5. The lowest BCUT2D eigenvalue weighted by Crippen LogP contribution is -2.28. The second kappa shape index (κ2) is 6.21. The van der Waals surface area contributed by atoms with Crippen LogP contribution in [0, 0.1) is 0 Å². The molecule has 6 heteroatoms. The van der Waals surface area contributed by atoms with Crippen molar-refractivity contribution in [2.24, 2.45) is 5.73 Å². The average molecular weight is 276 g/mol. The number of aromatic amines is 1. The number of amides is 1. The first-order valence-corrected chi connectivity index (χ1v) is 6.25. The minimum atomic E-state index is -1.06. The number of hydrogen-bond acceptors (Lipinski definition) is 3. The summed E-state index contributed by atoms with van der Waals surface area (Å²) < 4.78 is 5.22. The first-order chi connectivity index (χ1) is 9.58. The number of nitrogens with one attached hydrogen (secondary N) is 1. The van der Waals surface area contributed by atoms with Crippen LogP contribution in [0.1, 0.15) is 12.0 Å². The number of carbonyl (C=O) groups excluding carboxylic acids is 1. The minimum Gasteiger partial charge on any atom is -0.479 e. The second-order valence-electron chi connectivity index (χ2n) is 4.48. The standard InChI is InChI=1S/C14H16N2O4/c15-13(17)5-6-20-12(14(18)19)7-9-8-16-11-4-2-1-3-10(9)11/h1-4,8,12,16H,5-7H2,(H2,15,17)(H,18,19)/t12-/m0/s1. The van der Waals surface area contributed by atoms with Crippen LogP contribution in [-0.2, 0) is 20.7 Å². The van der Waals surface area contributed by atoms with Crippen molar-refractivity contribution >= 4 is 22.8 Å². The molecule has 1 amide bonds. The highest BCUT2D eigenvalue weighted by Crippen LogP contribution is 2.20. The zero-order valence-electron chi connectivity index (χ0n) is 10.8. The molecule has 0 aliphatic carbocycles. The average Bonchev–Trinajstić information content (AvgIpc) is 2.80. The molecule has 0 spiro atoms. The zero-order chi connectivity index (χ0) is 14.5. The summed E-state index contributed by atoms with van der Waals surface area (Å²) in [4.78, 5) is 24.9. The Kier molecular flexibility index (Phi) is 4.37. The second-order valence-corrected chi connectivity index (χ2v) is 4.48. The fourth-order valence-electron chi connectivity index (χ4n) is 2.02. The van der Waals surface area contributed by atoms with Gasteiger partial charge in [0.2, 0.25) is 5.91 Å². The van der Waals surface area contributed by atoms with Crippen LogP contribution in [0.25, 0.3) is 10.9 Å². The van der Waals surface area contributed by atoms with E-state index in [0.717, 1.165) is 16.5 Å². The van der Waals surface area contributed by atoms with E-state index in [1.807, 2.05) is 24.3 Å². The van der Waals surface area contributed by atoms with Crippen molar-refractivity contribution in [1.29, 1.82) is 0 Å². The smallest absolute Gasteiger partial charge is 0.333 e. The van der Waals surface area contributed by atoms with E-state index in [9.17, 15) is 9.59 Å². The molecule has 1 heterocycles. The number of carboxylic acids is 1. The van der Waals surface area contributed by atoms with Gasteiger partial charge in [0.15, 0.2) is 6.10 Å². The number of para-hydroxylation sites is 1. The Bertz CT molecular complexity index is 620. The molecule has 0 aliphatic rings. The summed E-state index contributed by atoms with van der Waals surface area (Å²) in [7, 11) is 0. The summed E-state index contributed by atoms with van der Waals surface area (Å²) >= 11 is 0. The predicted molar refractivity (Wildman–Crippen MR) is 73.2 cm³/mol. The number of rotatable bonds is 7. The largest absolute Gasteiger partial charge is 0.479 e. The molecule has 6 nitrogen and oxygen atoms in total. The van der Waals surface area contributed by atoms with Gasteiger partial charge in [-0.3, -0.25) is 4.79 Å². The van der Waals surface area contributed by atoms with Crippen LogP contribution in [0.4, 0.5) is 0 Å². The molecule has 4 N–H and O–H groups in total. The van der Waals surface area contributed by atoms with Gasteiger partial charge in [-0.15, -0.1) is 0 Å². The molecule has 0 saturated carbocycles. The first kappa shape index (κ1) is 14.1. The van der Waals surface area contributed by atoms with Crippen LogP contribution < -0.4 is 5.73 Å². The van der Waals surface area contributed by atoms with Crippen molar-refractivity contribution in [2.45, 2.75) is 18.9 Å². The molecular formula is C14H16N2O4. The van der Waals surface area contributed by atoms with E-state index in [-0.39, 0.29) is 19.4 Å². The molecule has 1 aromatic carbocycles. The summed E-state index contributed by atoms with van der Waals surface area (Å²) in [5, 5.41) is 10.1. The SMILES string of the molecule is NC(=O)CCO[C@@H](Cc1c[nH]c2ccccc12)C(=O)O. The fourth-order valence-corrected chi connectivity index (χ4v) is 2.02. The Balaban J connectivity index is 2.07. The molecule has 0 saturated heterocycles. The molecule has 0 unspecified atom stereocenters. The van der Waals surface area contributed by atoms with Gasteiger partial charge in [-0.25, -0.2) is 4.79 Å². The molecule has 2 rings (SSSR count). The van der Waals surface area contributed by atoms with Gasteiger partial charge < -0.3 is 20.6 Å². The molecule has 0 bridgehead atoms. The Morgan fingerprint density at radius 1 is 1.35 bits per heavy atom. The number of hydrogen-bond donors (Lipinski definition) is 3. The van der Waals surface area contributed by atoms with Crippen LogP contribution in [-0.4, -0.2) is 34.7 Å². The topological polar surface area (TPSA) is 105 Å². The number of fused-ring (bicyclic) bond motifs is 1. The van der Waals surface area contributed by atoms with Gasteiger partial charge in [0.25, 0.3) is 0 Å². The van der Waals surface area contributed by atoms with E-state index in [1.54, 1.807) is 6.20 Å².